The molecule has 0 radical (unpaired) electrons. The third-order valence-electron chi connectivity index (χ3n) is 3.82. The third kappa shape index (κ3) is 6.48. The predicted molar refractivity (Wildman–Crippen MR) is 119 cm³/mol. The molecule has 0 aromatic heterocycles. The Bertz CT molecular complexity index is 1200. The maximum atomic E-state index is 13.0. The number of rotatable bonds is 7. The van der Waals surface area contributed by atoms with E-state index in [1.807, 2.05) is 0 Å². The number of sulfonamides is 1. The highest BCUT2D eigenvalue weighted by Gasteiger charge is 2.17. The quantitative estimate of drug-likeness (QED) is 0.439. The Hall–Kier alpha value is -2.52. The summed E-state index contributed by atoms with van der Waals surface area (Å²) in [5.41, 5.74) is 0.584. The van der Waals surface area contributed by atoms with Crippen molar-refractivity contribution in [2.24, 2.45) is 0 Å². The van der Waals surface area contributed by atoms with Gasteiger partial charge in [-0.25, -0.2) is 12.8 Å². The topological polar surface area (TPSA) is 84.5 Å². The van der Waals surface area contributed by atoms with Gasteiger partial charge in [0.25, 0.3) is 15.9 Å². The van der Waals surface area contributed by atoms with Gasteiger partial charge in [-0.1, -0.05) is 34.8 Å². The number of halogens is 4. The van der Waals surface area contributed by atoms with Crippen LogP contribution in [0.3, 0.4) is 0 Å². The summed E-state index contributed by atoms with van der Waals surface area (Å²) < 4.78 is 45.6. The van der Waals surface area contributed by atoms with Crippen molar-refractivity contribution in [3.63, 3.8) is 0 Å². The van der Waals surface area contributed by atoms with Gasteiger partial charge in [-0.05, 0) is 60.7 Å². The van der Waals surface area contributed by atoms with Gasteiger partial charge >= 0.3 is 0 Å². The van der Waals surface area contributed by atoms with Crippen LogP contribution in [0.1, 0.15) is 0 Å². The molecule has 0 saturated carbocycles. The number of carbonyl (C=O) groups excluding carboxylic acids is 1. The number of benzene rings is 3. The predicted octanol–water partition coefficient (Wildman–Crippen LogP) is 5.60. The summed E-state index contributed by atoms with van der Waals surface area (Å²) in [6.45, 7) is -0.385. The van der Waals surface area contributed by atoms with Gasteiger partial charge in [0.2, 0.25) is 0 Å². The van der Waals surface area contributed by atoms with Crippen LogP contribution in [-0.4, -0.2) is 20.9 Å². The molecule has 3 aromatic rings. The highest BCUT2D eigenvalue weighted by Crippen LogP contribution is 2.28. The van der Waals surface area contributed by atoms with Crippen LogP contribution in [0, 0.1) is 5.82 Å². The number of anilines is 2. The van der Waals surface area contributed by atoms with Crippen molar-refractivity contribution in [3.05, 3.63) is 81.5 Å². The summed E-state index contributed by atoms with van der Waals surface area (Å²) in [7, 11) is -3.96. The van der Waals surface area contributed by atoms with Crippen molar-refractivity contribution in [1.82, 2.24) is 0 Å². The van der Waals surface area contributed by atoms with E-state index in [1.54, 1.807) is 0 Å². The number of carbonyl (C=O) groups is 1. The van der Waals surface area contributed by atoms with Crippen LogP contribution in [0.4, 0.5) is 15.8 Å². The molecule has 0 unspecified atom stereocenters. The Morgan fingerprint density at radius 3 is 2.16 bits per heavy atom. The van der Waals surface area contributed by atoms with Crippen molar-refractivity contribution in [2.75, 3.05) is 16.6 Å². The first-order valence-electron chi connectivity index (χ1n) is 8.59. The fraction of sp³-hybridized carbons (Fsp3) is 0.0500. The minimum absolute atomic E-state index is 0.0134. The van der Waals surface area contributed by atoms with Crippen LogP contribution < -0.4 is 14.8 Å². The molecule has 3 aromatic carbocycles. The molecule has 1 amide bonds. The minimum Gasteiger partial charge on any atom is -0.482 e. The summed E-state index contributed by atoms with van der Waals surface area (Å²) in [5, 5.41) is 3.28. The molecule has 3 rings (SSSR count). The van der Waals surface area contributed by atoms with Crippen LogP contribution in [0.15, 0.2) is 65.6 Å². The molecule has 0 bridgehead atoms. The molecule has 0 fully saturated rings. The normalized spacial score (nSPS) is 11.1. The molecule has 162 valence electrons. The van der Waals surface area contributed by atoms with Crippen LogP contribution >= 0.6 is 34.8 Å². The van der Waals surface area contributed by atoms with Gasteiger partial charge < -0.3 is 10.1 Å². The van der Waals surface area contributed by atoms with Gasteiger partial charge in [0.05, 0.1) is 9.92 Å². The first-order chi connectivity index (χ1) is 14.6. The molecule has 0 atom stereocenters. The van der Waals surface area contributed by atoms with Crippen molar-refractivity contribution in [3.8, 4) is 5.75 Å². The largest absolute Gasteiger partial charge is 0.482 e. The Morgan fingerprint density at radius 1 is 0.903 bits per heavy atom. The van der Waals surface area contributed by atoms with Crippen LogP contribution in [-0.2, 0) is 14.8 Å². The van der Waals surface area contributed by atoms with Gasteiger partial charge in [0.1, 0.15) is 11.6 Å². The standard InChI is InChI=1S/C20H14Cl3FN2O4S/c21-12-7-13(22)9-16(8-12)25-20(27)11-30-19-6-5-17(10-18(19)23)31(28,29)26-15-3-1-14(24)2-4-15/h1-10,26H,11H2,(H,25,27). The average Bonchev–Trinajstić information content (AvgIpc) is 2.68. The van der Waals surface area contributed by atoms with Crippen molar-refractivity contribution >= 4 is 62.1 Å². The molecule has 0 saturated heterocycles. The van der Waals surface area contributed by atoms with Crippen LogP contribution in [0.25, 0.3) is 0 Å². The van der Waals surface area contributed by atoms with Gasteiger partial charge in [-0.15, -0.1) is 0 Å². The van der Waals surface area contributed by atoms with Gasteiger partial charge in [0, 0.05) is 21.4 Å². The highest BCUT2D eigenvalue weighted by atomic mass is 35.5. The zero-order valence-electron chi connectivity index (χ0n) is 15.5. The lowest BCUT2D eigenvalue weighted by Crippen LogP contribution is -2.20. The molecule has 2 N–H and O–H groups in total. The fourth-order valence-electron chi connectivity index (χ4n) is 2.46. The lowest BCUT2D eigenvalue weighted by Gasteiger charge is -2.12. The molecular weight excluding hydrogens is 490 g/mol. The van der Waals surface area contributed by atoms with E-state index in [-0.39, 0.29) is 28.0 Å². The highest BCUT2D eigenvalue weighted by molar-refractivity contribution is 7.92. The van der Waals surface area contributed by atoms with E-state index in [1.165, 1.54) is 48.5 Å². The molecule has 0 spiro atoms. The van der Waals surface area contributed by atoms with Gasteiger partial charge in [-0.3, -0.25) is 9.52 Å². The summed E-state index contributed by atoms with van der Waals surface area (Å²) in [4.78, 5) is 11.9. The second-order valence-corrected chi connectivity index (χ2v) is 9.16. The molecule has 0 aliphatic heterocycles. The third-order valence-corrected chi connectivity index (χ3v) is 5.93. The van der Waals surface area contributed by atoms with E-state index in [9.17, 15) is 17.6 Å². The molecule has 0 aliphatic rings. The van der Waals surface area contributed by atoms with Gasteiger partial charge in [0.15, 0.2) is 6.61 Å². The average molecular weight is 504 g/mol. The Kier molecular flexibility index (Phi) is 7.27. The number of nitrogens with one attached hydrogen (secondary N) is 2. The lowest BCUT2D eigenvalue weighted by atomic mass is 10.3. The zero-order valence-corrected chi connectivity index (χ0v) is 18.6. The van der Waals surface area contributed by atoms with Crippen molar-refractivity contribution < 1.29 is 22.3 Å². The maximum absolute atomic E-state index is 13.0. The molecular formula is C20H14Cl3FN2O4S. The van der Waals surface area contributed by atoms with E-state index >= 15 is 0 Å². The van der Waals surface area contributed by atoms with Crippen molar-refractivity contribution in [2.45, 2.75) is 4.90 Å². The summed E-state index contributed by atoms with van der Waals surface area (Å²) in [6.07, 6.45) is 0. The fourth-order valence-corrected chi connectivity index (χ4v) is 4.37. The van der Waals surface area contributed by atoms with Crippen LogP contribution in [0.5, 0.6) is 5.75 Å². The Morgan fingerprint density at radius 2 is 1.55 bits per heavy atom. The smallest absolute Gasteiger partial charge is 0.262 e. The monoisotopic (exact) mass is 502 g/mol. The molecule has 6 nitrogen and oxygen atoms in total. The molecule has 0 heterocycles. The van der Waals surface area contributed by atoms with E-state index < -0.39 is 21.7 Å². The Labute approximate surface area is 192 Å². The minimum atomic E-state index is -3.96. The first-order valence-corrected chi connectivity index (χ1v) is 11.2. The van der Waals surface area contributed by atoms with Gasteiger partial charge in [-0.2, -0.15) is 0 Å². The SMILES string of the molecule is O=C(COc1ccc(S(=O)(=O)Nc2ccc(F)cc2)cc1Cl)Nc1cc(Cl)cc(Cl)c1. The maximum Gasteiger partial charge on any atom is 0.262 e. The number of hydrogen-bond donors (Lipinski definition) is 2. The van der Waals surface area contributed by atoms with E-state index in [2.05, 4.69) is 10.0 Å². The molecule has 0 aliphatic carbocycles. The van der Waals surface area contributed by atoms with E-state index in [4.69, 9.17) is 39.5 Å². The van der Waals surface area contributed by atoms with E-state index in [0.29, 0.717) is 15.7 Å². The summed E-state index contributed by atoms with van der Waals surface area (Å²) >= 11 is 17.9. The Balaban J connectivity index is 1.64. The summed E-state index contributed by atoms with van der Waals surface area (Å²) in [6, 6.07) is 13.2. The van der Waals surface area contributed by atoms with Crippen molar-refractivity contribution in [1.29, 1.82) is 0 Å². The van der Waals surface area contributed by atoms with Crippen LogP contribution in [0.2, 0.25) is 15.1 Å². The zero-order chi connectivity index (χ0) is 22.6. The second-order valence-electron chi connectivity index (χ2n) is 6.20. The number of hydrogen-bond acceptors (Lipinski definition) is 4. The first kappa shape index (κ1) is 23.1. The number of amides is 1. The number of ether oxygens (including phenoxy) is 1. The molecule has 31 heavy (non-hydrogen) atoms. The summed E-state index contributed by atoms with van der Waals surface area (Å²) in [5.74, 6) is -0.874. The van der Waals surface area contributed by atoms with E-state index in [0.717, 1.165) is 12.1 Å². The molecule has 11 heteroatoms. The lowest BCUT2D eigenvalue weighted by molar-refractivity contribution is -0.118. The second kappa shape index (κ2) is 9.74.